The number of nitrogens with one attached hydrogen (secondary N) is 1. The number of nitrogens with zero attached hydrogens (tertiary/aromatic N) is 2. The standard InChI is InChI=1S/C16H16ClN3OS/c1-18-20-13(7-12(9-17)19-20)10-22-14-6-11-4-2-3-5-15(11)16(21)8-14/h2-8,18,21H,9-10H2,1H3. The first kappa shape index (κ1) is 15.1. The van der Waals surface area contributed by atoms with Crippen LogP contribution in [0, 0.1) is 0 Å². The summed E-state index contributed by atoms with van der Waals surface area (Å²) < 4.78 is 0. The summed E-state index contributed by atoms with van der Waals surface area (Å²) in [5.41, 5.74) is 4.89. The lowest BCUT2D eigenvalue weighted by molar-refractivity contribution is 0.480. The molecule has 0 aliphatic carbocycles. The maximum absolute atomic E-state index is 10.1. The molecule has 0 amide bonds. The molecule has 0 saturated heterocycles. The van der Waals surface area contributed by atoms with Crippen molar-refractivity contribution in [3.8, 4) is 5.75 Å². The molecule has 3 aromatic rings. The van der Waals surface area contributed by atoms with Crippen LogP contribution in [-0.2, 0) is 11.6 Å². The summed E-state index contributed by atoms with van der Waals surface area (Å²) in [4.78, 5) is 2.75. The molecule has 0 spiro atoms. The molecule has 1 aromatic heterocycles. The van der Waals surface area contributed by atoms with Gasteiger partial charge in [-0.2, -0.15) is 9.89 Å². The summed E-state index contributed by atoms with van der Waals surface area (Å²) in [5.74, 6) is 1.44. The zero-order chi connectivity index (χ0) is 15.5. The Kier molecular flexibility index (Phi) is 4.45. The Balaban J connectivity index is 1.83. The second-order valence-corrected chi connectivity index (χ2v) is 6.16. The highest BCUT2D eigenvalue weighted by atomic mass is 35.5. The number of hydrogen-bond donors (Lipinski definition) is 2. The summed E-state index contributed by atoms with van der Waals surface area (Å²) >= 11 is 7.48. The normalized spacial score (nSPS) is 11.0. The monoisotopic (exact) mass is 333 g/mol. The Morgan fingerprint density at radius 2 is 2.09 bits per heavy atom. The van der Waals surface area contributed by atoms with E-state index in [0.717, 1.165) is 32.8 Å². The third-order valence-electron chi connectivity index (χ3n) is 3.38. The fourth-order valence-corrected chi connectivity index (χ4v) is 3.40. The van der Waals surface area contributed by atoms with Crippen LogP contribution in [0.5, 0.6) is 5.75 Å². The molecule has 6 heteroatoms. The van der Waals surface area contributed by atoms with Crippen molar-refractivity contribution in [3.05, 3.63) is 53.9 Å². The van der Waals surface area contributed by atoms with Crippen molar-refractivity contribution >= 4 is 34.1 Å². The number of alkyl halides is 1. The van der Waals surface area contributed by atoms with Crippen molar-refractivity contribution in [1.29, 1.82) is 0 Å². The number of halogens is 1. The molecule has 0 atom stereocenters. The number of rotatable bonds is 5. The van der Waals surface area contributed by atoms with Crippen molar-refractivity contribution in [1.82, 2.24) is 9.89 Å². The Morgan fingerprint density at radius 1 is 1.27 bits per heavy atom. The quantitative estimate of drug-likeness (QED) is 0.548. The Hall–Kier alpha value is -1.85. The van der Waals surface area contributed by atoms with Crippen LogP contribution in [0.2, 0.25) is 0 Å². The topological polar surface area (TPSA) is 50.1 Å². The van der Waals surface area contributed by atoms with Crippen LogP contribution in [0.25, 0.3) is 10.8 Å². The molecule has 1 heterocycles. The van der Waals surface area contributed by atoms with Crippen LogP contribution in [0.3, 0.4) is 0 Å². The highest BCUT2D eigenvalue weighted by Gasteiger charge is 2.08. The van der Waals surface area contributed by atoms with E-state index in [2.05, 4.69) is 16.6 Å². The molecule has 0 saturated carbocycles. The number of hydrogen-bond acceptors (Lipinski definition) is 4. The van der Waals surface area contributed by atoms with Crippen molar-refractivity contribution in [2.24, 2.45) is 0 Å². The average Bonchev–Trinajstić information content (AvgIpc) is 2.95. The molecule has 2 aromatic carbocycles. The molecule has 0 aliphatic heterocycles. The first-order valence-electron chi connectivity index (χ1n) is 6.87. The Bertz CT molecular complexity index is 803. The number of fused-ring (bicyclic) bond motifs is 1. The van der Waals surface area contributed by atoms with Gasteiger partial charge in [-0.3, -0.25) is 0 Å². The van der Waals surface area contributed by atoms with Crippen LogP contribution in [-0.4, -0.2) is 22.0 Å². The SMILES string of the molecule is CNn1nc(CCl)cc1CSc1cc(O)c2ccccc2c1. The largest absolute Gasteiger partial charge is 0.507 e. The van der Waals surface area contributed by atoms with Crippen LogP contribution in [0.15, 0.2) is 47.4 Å². The Labute approximate surface area is 138 Å². The number of benzene rings is 2. The van der Waals surface area contributed by atoms with Crippen molar-refractivity contribution in [2.75, 3.05) is 12.5 Å². The fraction of sp³-hybridized carbons (Fsp3) is 0.188. The van der Waals surface area contributed by atoms with Crippen LogP contribution >= 0.6 is 23.4 Å². The first-order valence-corrected chi connectivity index (χ1v) is 8.39. The molecule has 0 fully saturated rings. The van der Waals surface area contributed by atoms with Crippen LogP contribution < -0.4 is 5.43 Å². The maximum Gasteiger partial charge on any atom is 0.124 e. The molecule has 22 heavy (non-hydrogen) atoms. The average molecular weight is 334 g/mol. The lowest BCUT2D eigenvalue weighted by atomic mass is 10.1. The first-order chi connectivity index (χ1) is 10.7. The van der Waals surface area contributed by atoms with E-state index in [1.54, 1.807) is 22.6 Å². The summed E-state index contributed by atoms with van der Waals surface area (Å²) in [6, 6.07) is 13.7. The predicted molar refractivity (Wildman–Crippen MR) is 92.2 cm³/mol. The molecule has 2 N–H and O–H groups in total. The van der Waals surface area contributed by atoms with Gasteiger partial charge in [-0.25, -0.2) is 0 Å². The summed E-state index contributed by atoms with van der Waals surface area (Å²) in [6.45, 7) is 0. The third-order valence-corrected chi connectivity index (χ3v) is 4.67. The zero-order valence-electron chi connectivity index (χ0n) is 12.1. The van der Waals surface area contributed by atoms with Crippen LogP contribution in [0.1, 0.15) is 11.4 Å². The minimum atomic E-state index is 0.309. The second kappa shape index (κ2) is 6.50. The minimum absolute atomic E-state index is 0.309. The van der Waals surface area contributed by atoms with Gasteiger partial charge in [0.25, 0.3) is 0 Å². The lowest BCUT2D eigenvalue weighted by Crippen LogP contribution is -2.13. The molecule has 3 rings (SSSR count). The number of phenols is 1. The van der Waals surface area contributed by atoms with Crippen molar-refractivity contribution in [3.63, 3.8) is 0 Å². The van der Waals surface area contributed by atoms with E-state index >= 15 is 0 Å². The minimum Gasteiger partial charge on any atom is -0.507 e. The van der Waals surface area contributed by atoms with E-state index in [-0.39, 0.29) is 0 Å². The summed E-state index contributed by atoms with van der Waals surface area (Å²) in [7, 11) is 1.82. The zero-order valence-corrected chi connectivity index (χ0v) is 13.7. The molecule has 0 radical (unpaired) electrons. The van der Waals surface area contributed by atoms with E-state index in [9.17, 15) is 5.11 Å². The van der Waals surface area contributed by atoms with Gasteiger partial charge >= 0.3 is 0 Å². The molecule has 0 aliphatic rings. The highest BCUT2D eigenvalue weighted by Crippen LogP contribution is 2.32. The van der Waals surface area contributed by atoms with Gasteiger partial charge in [-0.15, -0.1) is 23.4 Å². The molecule has 4 nitrogen and oxygen atoms in total. The summed E-state index contributed by atoms with van der Waals surface area (Å²) in [6.07, 6.45) is 0. The molecule has 0 bridgehead atoms. The van der Waals surface area contributed by atoms with Gasteiger partial charge in [-0.05, 0) is 23.6 Å². The van der Waals surface area contributed by atoms with Gasteiger partial charge in [-0.1, -0.05) is 24.3 Å². The lowest BCUT2D eigenvalue weighted by Gasteiger charge is -2.08. The summed E-state index contributed by atoms with van der Waals surface area (Å²) in [5, 5.41) is 16.4. The molecular formula is C16H16ClN3OS. The second-order valence-electron chi connectivity index (χ2n) is 4.85. The van der Waals surface area contributed by atoms with E-state index in [0.29, 0.717) is 11.6 Å². The van der Waals surface area contributed by atoms with Crippen LogP contribution in [0.4, 0.5) is 0 Å². The molecule has 114 valence electrons. The smallest absolute Gasteiger partial charge is 0.124 e. The van der Waals surface area contributed by atoms with Gasteiger partial charge in [0.15, 0.2) is 0 Å². The predicted octanol–water partition coefficient (Wildman–Crippen LogP) is 3.95. The van der Waals surface area contributed by atoms with Crippen molar-refractivity contribution < 1.29 is 5.11 Å². The fourth-order valence-electron chi connectivity index (χ4n) is 2.34. The number of aromatic nitrogens is 2. The van der Waals surface area contributed by atoms with Gasteiger partial charge in [0, 0.05) is 23.1 Å². The van der Waals surface area contributed by atoms with E-state index in [4.69, 9.17) is 11.6 Å². The Morgan fingerprint density at radius 3 is 2.86 bits per heavy atom. The third kappa shape index (κ3) is 3.00. The van der Waals surface area contributed by atoms with E-state index in [1.807, 2.05) is 37.4 Å². The maximum atomic E-state index is 10.1. The van der Waals surface area contributed by atoms with E-state index < -0.39 is 0 Å². The number of thioether (sulfide) groups is 1. The van der Waals surface area contributed by atoms with Gasteiger partial charge in [0.1, 0.15) is 5.75 Å². The molecule has 0 unspecified atom stereocenters. The molecular weight excluding hydrogens is 318 g/mol. The van der Waals surface area contributed by atoms with Gasteiger partial charge in [0.05, 0.1) is 17.3 Å². The van der Waals surface area contributed by atoms with Gasteiger partial charge < -0.3 is 10.5 Å². The van der Waals surface area contributed by atoms with Crippen molar-refractivity contribution in [2.45, 2.75) is 16.5 Å². The number of phenolic OH excluding ortho intramolecular Hbond substituents is 1. The van der Waals surface area contributed by atoms with E-state index in [1.165, 1.54) is 0 Å². The number of aromatic hydroxyl groups is 1. The highest BCUT2D eigenvalue weighted by molar-refractivity contribution is 7.98. The van der Waals surface area contributed by atoms with Gasteiger partial charge in [0.2, 0.25) is 0 Å².